The van der Waals surface area contributed by atoms with Gasteiger partial charge >= 0.3 is 0 Å². The number of nitrogens with zero attached hydrogens (tertiary/aromatic N) is 3. The molecule has 0 fully saturated rings. The Labute approximate surface area is 151 Å². The monoisotopic (exact) mass is 344 g/mol. The number of benzene rings is 2. The number of pyridine rings is 1. The topological polar surface area (TPSA) is 63.0 Å². The van der Waals surface area contributed by atoms with Crippen molar-refractivity contribution in [3.8, 4) is 0 Å². The second-order valence-corrected chi connectivity index (χ2v) is 6.41. The van der Waals surface area contributed by atoms with Gasteiger partial charge in [0.1, 0.15) is 6.10 Å². The lowest BCUT2D eigenvalue weighted by molar-refractivity contribution is 0.207. The van der Waals surface area contributed by atoms with Gasteiger partial charge in [0.2, 0.25) is 0 Å². The Morgan fingerprint density at radius 1 is 1.00 bits per heavy atom. The van der Waals surface area contributed by atoms with Crippen molar-refractivity contribution in [1.82, 2.24) is 14.6 Å². The summed E-state index contributed by atoms with van der Waals surface area (Å²) in [6, 6.07) is 17.7. The van der Waals surface area contributed by atoms with E-state index in [0.717, 1.165) is 27.8 Å². The molecule has 4 rings (SSSR count). The van der Waals surface area contributed by atoms with Crippen molar-refractivity contribution in [2.75, 3.05) is 5.43 Å². The van der Waals surface area contributed by atoms with Crippen LogP contribution in [0.25, 0.3) is 11.0 Å². The lowest BCUT2D eigenvalue weighted by atomic mass is 10.1. The van der Waals surface area contributed by atoms with Crippen molar-refractivity contribution < 1.29 is 5.11 Å². The normalized spacial score (nSPS) is 12.3. The maximum atomic E-state index is 10.9. The highest BCUT2D eigenvalue weighted by Crippen LogP contribution is 2.26. The zero-order valence-corrected chi connectivity index (χ0v) is 14.7. The van der Waals surface area contributed by atoms with E-state index < -0.39 is 6.10 Å². The fourth-order valence-electron chi connectivity index (χ4n) is 3.02. The third-order valence-corrected chi connectivity index (χ3v) is 4.48. The van der Waals surface area contributed by atoms with Gasteiger partial charge in [-0.25, -0.2) is 9.66 Å². The first-order valence-corrected chi connectivity index (χ1v) is 8.53. The van der Waals surface area contributed by atoms with Gasteiger partial charge in [-0.2, -0.15) is 0 Å². The summed E-state index contributed by atoms with van der Waals surface area (Å²) >= 11 is 0. The highest BCUT2D eigenvalue weighted by atomic mass is 16.3. The standard InChI is InChI=1S/C21H20N4O/c1-14-7-8-15(2)18(13-14)24-25-19-6-4-3-5-17(19)23-21(25)20(26)16-9-11-22-12-10-16/h3-13,20,24,26H,1-2H3. The minimum absolute atomic E-state index is 0.540. The Morgan fingerprint density at radius 2 is 1.77 bits per heavy atom. The first kappa shape index (κ1) is 16.3. The van der Waals surface area contributed by atoms with E-state index in [1.165, 1.54) is 5.56 Å². The van der Waals surface area contributed by atoms with Gasteiger partial charge in [-0.05, 0) is 60.9 Å². The molecular formula is C21H20N4O. The molecule has 2 N–H and O–H groups in total. The van der Waals surface area contributed by atoms with Crippen LogP contribution in [0.15, 0.2) is 67.0 Å². The third-order valence-electron chi connectivity index (χ3n) is 4.48. The Kier molecular flexibility index (Phi) is 4.14. The van der Waals surface area contributed by atoms with Gasteiger partial charge in [-0.3, -0.25) is 10.4 Å². The molecule has 2 heterocycles. The highest BCUT2D eigenvalue weighted by molar-refractivity contribution is 5.77. The number of aryl methyl sites for hydroxylation is 2. The van der Waals surface area contributed by atoms with Crippen molar-refractivity contribution in [2.45, 2.75) is 20.0 Å². The molecule has 2 aromatic heterocycles. The molecule has 5 heteroatoms. The van der Waals surface area contributed by atoms with Crippen LogP contribution in [-0.4, -0.2) is 19.8 Å². The number of hydrogen-bond donors (Lipinski definition) is 2. The molecule has 0 saturated carbocycles. The second-order valence-electron chi connectivity index (χ2n) is 6.41. The first-order valence-electron chi connectivity index (χ1n) is 8.53. The summed E-state index contributed by atoms with van der Waals surface area (Å²) < 4.78 is 1.86. The van der Waals surface area contributed by atoms with Gasteiger partial charge < -0.3 is 5.11 Å². The largest absolute Gasteiger partial charge is 0.380 e. The maximum absolute atomic E-state index is 10.9. The molecule has 0 radical (unpaired) electrons. The third kappa shape index (κ3) is 2.93. The predicted molar refractivity (Wildman–Crippen MR) is 103 cm³/mol. The van der Waals surface area contributed by atoms with Crippen LogP contribution in [0.3, 0.4) is 0 Å². The molecule has 1 unspecified atom stereocenters. The fourth-order valence-corrected chi connectivity index (χ4v) is 3.02. The van der Waals surface area contributed by atoms with Crippen molar-refractivity contribution in [2.24, 2.45) is 0 Å². The van der Waals surface area contributed by atoms with Gasteiger partial charge in [-0.1, -0.05) is 24.3 Å². The minimum atomic E-state index is -0.858. The van der Waals surface area contributed by atoms with Crippen LogP contribution >= 0.6 is 0 Å². The molecule has 0 spiro atoms. The molecule has 4 aromatic rings. The maximum Gasteiger partial charge on any atom is 0.162 e. The van der Waals surface area contributed by atoms with Gasteiger partial charge in [-0.15, -0.1) is 0 Å². The van der Waals surface area contributed by atoms with Gasteiger partial charge in [0.15, 0.2) is 5.82 Å². The number of nitrogens with one attached hydrogen (secondary N) is 1. The summed E-state index contributed by atoms with van der Waals surface area (Å²) in [7, 11) is 0. The molecule has 0 bridgehead atoms. The number of aliphatic hydroxyl groups excluding tert-OH is 1. The van der Waals surface area contributed by atoms with Crippen molar-refractivity contribution in [3.63, 3.8) is 0 Å². The number of hydrogen-bond acceptors (Lipinski definition) is 4. The number of aromatic nitrogens is 3. The summed E-state index contributed by atoms with van der Waals surface area (Å²) in [6.07, 6.45) is 2.48. The number of fused-ring (bicyclic) bond motifs is 1. The number of aliphatic hydroxyl groups is 1. The zero-order chi connectivity index (χ0) is 18.1. The zero-order valence-electron chi connectivity index (χ0n) is 14.7. The molecule has 0 saturated heterocycles. The molecule has 5 nitrogen and oxygen atoms in total. The van der Waals surface area contributed by atoms with Crippen LogP contribution < -0.4 is 5.43 Å². The van der Waals surface area contributed by atoms with E-state index in [4.69, 9.17) is 0 Å². The van der Waals surface area contributed by atoms with Crippen LogP contribution in [-0.2, 0) is 0 Å². The van der Waals surface area contributed by atoms with Crippen LogP contribution in [0.4, 0.5) is 5.69 Å². The predicted octanol–water partition coefficient (Wildman–Crippen LogP) is 4.01. The van der Waals surface area contributed by atoms with E-state index in [0.29, 0.717) is 5.82 Å². The molecule has 0 aliphatic carbocycles. The Hall–Kier alpha value is -3.18. The van der Waals surface area contributed by atoms with E-state index in [1.54, 1.807) is 24.5 Å². The number of para-hydroxylation sites is 2. The van der Waals surface area contributed by atoms with E-state index in [1.807, 2.05) is 28.9 Å². The quantitative estimate of drug-likeness (QED) is 0.587. The summed E-state index contributed by atoms with van der Waals surface area (Å²) in [5.74, 6) is 0.540. The average molecular weight is 344 g/mol. The smallest absolute Gasteiger partial charge is 0.162 e. The number of anilines is 1. The fraction of sp³-hybridized carbons (Fsp3) is 0.143. The first-order chi connectivity index (χ1) is 12.6. The second kappa shape index (κ2) is 6.61. The van der Waals surface area contributed by atoms with Crippen LogP contribution in [0, 0.1) is 13.8 Å². The van der Waals surface area contributed by atoms with Gasteiger partial charge in [0, 0.05) is 12.4 Å². The average Bonchev–Trinajstić information content (AvgIpc) is 3.03. The molecule has 26 heavy (non-hydrogen) atoms. The van der Waals surface area contributed by atoms with E-state index in [-0.39, 0.29) is 0 Å². The van der Waals surface area contributed by atoms with Gasteiger partial charge in [0.25, 0.3) is 0 Å². The molecule has 2 aromatic carbocycles. The van der Waals surface area contributed by atoms with E-state index in [2.05, 4.69) is 47.4 Å². The van der Waals surface area contributed by atoms with Crippen molar-refractivity contribution in [1.29, 1.82) is 0 Å². The van der Waals surface area contributed by atoms with E-state index in [9.17, 15) is 5.11 Å². The minimum Gasteiger partial charge on any atom is -0.380 e. The molecule has 1 atom stereocenters. The molecule has 0 amide bonds. The highest BCUT2D eigenvalue weighted by Gasteiger charge is 2.20. The molecular weight excluding hydrogens is 324 g/mol. The molecule has 0 aliphatic heterocycles. The van der Waals surface area contributed by atoms with E-state index >= 15 is 0 Å². The van der Waals surface area contributed by atoms with Crippen LogP contribution in [0.5, 0.6) is 0 Å². The molecule has 0 aliphatic rings. The Bertz CT molecular complexity index is 1060. The summed E-state index contributed by atoms with van der Waals surface area (Å²) in [5, 5.41) is 10.9. The van der Waals surface area contributed by atoms with Crippen molar-refractivity contribution >= 4 is 16.7 Å². The Balaban J connectivity index is 1.86. The lowest BCUT2D eigenvalue weighted by Crippen LogP contribution is -2.17. The summed E-state index contributed by atoms with van der Waals surface area (Å²) in [5.41, 5.74) is 9.20. The SMILES string of the molecule is Cc1ccc(C)c(Nn2c(C(O)c3ccncc3)nc3ccccc32)c1. The lowest BCUT2D eigenvalue weighted by Gasteiger charge is -2.17. The van der Waals surface area contributed by atoms with Gasteiger partial charge in [0.05, 0.1) is 16.7 Å². The van der Waals surface area contributed by atoms with Crippen LogP contribution in [0.2, 0.25) is 0 Å². The molecule has 130 valence electrons. The number of rotatable bonds is 4. The Morgan fingerprint density at radius 3 is 2.58 bits per heavy atom. The summed E-state index contributed by atoms with van der Waals surface area (Å²) in [4.78, 5) is 8.69. The van der Waals surface area contributed by atoms with Crippen LogP contribution in [0.1, 0.15) is 28.6 Å². The van der Waals surface area contributed by atoms with Crippen molar-refractivity contribution in [3.05, 3.63) is 89.5 Å². The summed E-state index contributed by atoms with van der Waals surface area (Å²) in [6.45, 7) is 4.11. The number of imidazole rings is 1.